The van der Waals surface area contributed by atoms with Gasteiger partial charge in [-0.2, -0.15) is 0 Å². The molecule has 0 aromatic heterocycles. The van der Waals surface area contributed by atoms with Gasteiger partial charge in [-0.05, 0) is 13.3 Å². The fraction of sp³-hybridized carbons (Fsp3) is 0.972. The second-order valence-corrected chi connectivity index (χ2v) is 13.9. The van der Waals surface area contributed by atoms with E-state index in [0.29, 0.717) is 52.9 Å². The van der Waals surface area contributed by atoms with E-state index < -0.39 is 125 Å². The van der Waals surface area contributed by atoms with Crippen molar-refractivity contribution in [3.8, 4) is 0 Å². The molecule has 0 aromatic carbocycles. The number of amides is 1. The van der Waals surface area contributed by atoms with Crippen LogP contribution in [-0.4, -0.2) is 287 Å². The zero-order chi connectivity index (χ0) is 45.5. The monoisotopic (exact) mass is 885 g/mol. The van der Waals surface area contributed by atoms with Crippen molar-refractivity contribution in [2.75, 3.05) is 125 Å². The molecule has 24 nitrogen and oxygen atoms in total. The van der Waals surface area contributed by atoms with Crippen molar-refractivity contribution in [1.82, 2.24) is 15.5 Å². The Morgan fingerprint density at radius 3 is 1.20 bits per heavy atom. The summed E-state index contributed by atoms with van der Waals surface area (Å²) in [6.07, 6.45) is -22.6. The van der Waals surface area contributed by atoms with Crippen LogP contribution in [0.3, 0.4) is 0 Å². The van der Waals surface area contributed by atoms with Crippen LogP contribution in [0.5, 0.6) is 0 Å². The first-order valence-corrected chi connectivity index (χ1v) is 20.2. The molecule has 0 saturated carbocycles. The smallest absolute Gasteiger partial charge is 0.238 e. The topological polar surface area (TPSA) is 383 Å². The minimum absolute atomic E-state index is 0.000175. The van der Waals surface area contributed by atoms with Crippen LogP contribution >= 0.6 is 0 Å². The van der Waals surface area contributed by atoms with Crippen LogP contribution in [0.15, 0.2) is 0 Å². The number of carbonyl (C=O) groups excluding carboxylic acids is 1. The van der Waals surface area contributed by atoms with Gasteiger partial charge in [0.05, 0.1) is 116 Å². The number of hydrogen-bond donors (Lipinski definition) is 16. The van der Waals surface area contributed by atoms with Gasteiger partial charge >= 0.3 is 0 Å². The molecule has 0 aromatic rings. The lowest BCUT2D eigenvalue weighted by Crippen LogP contribution is -2.58. The second-order valence-electron chi connectivity index (χ2n) is 13.9. The maximum Gasteiger partial charge on any atom is 0.238 e. The van der Waals surface area contributed by atoms with Crippen LogP contribution in [0.1, 0.15) is 20.3 Å². The van der Waals surface area contributed by atoms with Gasteiger partial charge in [-0.3, -0.25) is 9.69 Å². The predicted molar refractivity (Wildman–Crippen MR) is 208 cm³/mol. The van der Waals surface area contributed by atoms with Gasteiger partial charge in [-0.1, -0.05) is 6.92 Å². The SMILES string of the molecule is CCOCCOCCOCCOCCOCCOCCNC(=O)C(CN(C[C@H](O)[C@@H](O)[C@H](O)[C@H](O)CC)C[C@H](O)[C@@H](O)[C@H](O)[C@H](O)CO)NC[C@H](O)[C@@H](O)[C@H](O)[C@H](O)CO. The van der Waals surface area contributed by atoms with Crippen molar-refractivity contribution < 1.29 is 105 Å². The van der Waals surface area contributed by atoms with E-state index in [1.54, 1.807) is 0 Å². The van der Waals surface area contributed by atoms with Crippen molar-refractivity contribution in [3.05, 3.63) is 0 Å². The quantitative estimate of drug-likeness (QED) is 0.0254. The first-order chi connectivity index (χ1) is 28.6. The van der Waals surface area contributed by atoms with E-state index in [9.17, 15) is 66.1 Å². The van der Waals surface area contributed by atoms with Crippen LogP contribution in [0.25, 0.3) is 0 Å². The summed E-state index contributed by atoms with van der Waals surface area (Å²) in [5.41, 5.74) is 0. The van der Waals surface area contributed by atoms with Crippen LogP contribution in [0.4, 0.5) is 0 Å². The number of carbonyl (C=O) groups is 1. The maximum atomic E-state index is 13.5. The molecule has 0 radical (unpaired) electrons. The van der Waals surface area contributed by atoms with Crippen LogP contribution < -0.4 is 10.6 Å². The highest BCUT2D eigenvalue weighted by molar-refractivity contribution is 5.82. The molecule has 0 fully saturated rings. The van der Waals surface area contributed by atoms with Gasteiger partial charge in [-0.15, -0.1) is 0 Å². The summed E-state index contributed by atoms with van der Waals surface area (Å²) >= 11 is 0. The number of nitrogens with one attached hydrogen (secondary N) is 2. The third-order valence-corrected chi connectivity index (χ3v) is 9.04. The second kappa shape index (κ2) is 36.0. The Balaban J connectivity index is 5.42. The summed E-state index contributed by atoms with van der Waals surface area (Å²) in [4.78, 5) is 14.6. The summed E-state index contributed by atoms with van der Waals surface area (Å²) in [7, 11) is 0. The molecule has 0 bridgehead atoms. The lowest BCUT2D eigenvalue weighted by molar-refractivity contribution is -0.132. The molecule has 0 aliphatic heterocycles. The maximum absolute atomic E-state index is 13.5. The van der Waals surface area contributed by atoms with Crippen LogP contribution in [0, 0.1) is 0 Å². The molecule has 0 rings (SSSR count). The number of aliphatic hydroxyl groups excluding tert-OH is 14. The molecule has 0 heterocycles. The Labute approximate surface area is 350 Å². The third-order valence-electron chi connectivity index (χ3n) is 9.04. The molecule has 0 saturated heterocycles. The Kier molecular flexibility index (Phi) is 35.1. The lowest BCUT2D eigenvalue weighted by atomic mass is 9.99. The molecular weight excluding hydrogens is 810 g/mol. The minimum Gasteiger partial charge on any atom is -0.394 e. The summed E-state index contributed by atoms with van der Waals surface area (Å²) < 4.78 is 32.3. The van der Waals surface area contributed by atoms with Crippen molar-refractivity contribution in [2.45, 2.75) is 99.6 Å². The first kappa shape index (κ1) is 58.6. The molecule has 13 atom stereocenters. The van der Waals surface area contributed by atoms with Gasteiger partial charge in [-0.25, -0.2) is 0 Å². The molecule has 1 unspecified atom stereocenters. The molecule has 24 heteroatoms. The normalized spacial score (nSPS) is 18.8. The van der Waals surface area contributed by atoms with Crippen molar-refractivity contribution in [2.24, 2.45) is 0 Å². The number of ether oxygens (including phenoxy) is 6. The Bertz CT molecular complexity index is 987. The average molecular weight is 886 g/mol. The number of aliphatic hydroxyl groups is 14. The van der Waals surface area contributed by atoms with Crippen LogP contribution in [-0.2, 0) is 33.2 Å². The van der Waals surface area contributed by atoms with E-state index in [-0.39, 0.29) is 39.4 Å². The Morgan fingerprint density at radius 2 is 0.817 bits per heavy atom. The highest BCUT2D eigenvalue weighted by Gasteiger charge is 2.36. The number of nitrogens with zero attached hydrogens (tertiary/aromatic N) is 1. The lowest BCUT2D eigenvalue weighted by Gasteiger charge is -2.35. The minimum atomic E-state index is -2.08. The van der Waals surface area contributed by atoms with E-state index >= 15 is 0 Å². The molecule has 0 aliphatic carbocycles. The largest absolute Gasteiger partial charge is 0.394 e. The first-order valence-electron chi connectivity index (χ1n) is 20.2. The average Bonchev–Trinajstić information content (AvgIpc) is 3.25. The van der Waals surface area contributed by atoms with E-state index in [4.69, 9.17) is 38.6 Å². The van der Waals surface area contributed by atoms with E-state index in [1.807, 2.05) is 6.92 Å². The molecule has 16 N–H and O–H groups in total. The van der Waals surface area contributed by atoms with Gasteiger partial charge in [0.15, 0.2) is 0 Å². The van der Waals surface area contributed by atoms with Crippen molar-refractivity contribution in [1.29, 1.82) is 0 Å². The summed E-state index contributed by atoms with van der Waals surface area (Å²) in [5.74, 6) is -0.782. The summed E-state index contributed by atoms with van der Waals surface area (Å²) in [6, 6.07) is -1.42. The summed E-state index contributed by atoms with van der Waals surface area (Å²) in [5, 5.41) is 147. The fourth-order valence-corrected chi connectivity index (χ4v) is 5.29. The highest BCUT2D eigenvalue weighted by atomic mass is 16.6. The van der Waals surface area contributed by atoms with Crippen molar-refractivity contribution in [3.63, 3.8) is 0 Å². The summed E-state index contributed by atoms with van der Waals surface area (Å²) in [6.45, 7) is 3.23. The molecular formula is C36H75N3O21. The van der Waals surface area contributed by atoms with Gasteiger partial charge < -0.3 is 111 Å². The zero-order valence-corrected chi connectivity index (χ0v) is 34.7. The predicted octanol–water partition coefficient (Wildman–Crippen LogP) is -8.79. The van der Waals surface area contributed by atoms with Crippen LogP contribution in [0.2, 0.25) is 0 Å². The molecule has 1 amide bonds. The standard InChI is InChI=1S/C36H75N3O21/c1-3-24(42)30(48)32(50)26(44)19-39(20-27(45)33(51)35(53)29(47)22-41)18-23(38-17-25(43)31(49)34(52)28(46)21-40)36(54)37-5-6-56-9-10-58-13-14-60-16-15-59-12-11-57-8-7-55-4-2/h23-35,38,40-53H,3-22H2,1-2H3,(H,37,54)/t23?,24-,25+,26+,27+,28-,29-,30-,31-,32-,33-,34-,35-/m1/s1. The fourth-order valence-electron chi connectivity index (χ4n) is 5.29. The van der Waals surface area contributed by atoms with Gasteiger partial charge in [0.25, 0.3) is 0 Å². The van der Waals surface area contributed by atoms with E-state index in [0.717, 1.165) is 4.90 Å². The highest BCUT2D eigenvalue weighted by Crippen LogP contribution is 2.13. The number of rotatable bonds is 41. The van der Waals surface area contributed by atoms with Crippen molar-refractivity contribution >= 4 is 5.91 Å². The zero-order valence-electron chi connectivity index (χ0n) is 34.7. The van der Waals surface area contributed by atoms with Gasteiger partial charge in [0.2, 0.25) is 5.91 Å². The van der Waals surface area contributed by atoms with E-state index in [1.165, 1.54) is 6.92 Å². The Morgan fingerprint density at radius 1 is 0.467 bits per heavy atom. The third kappa shape index (κ3) is 25.6. The van der Waals surface area contributed by atoms with Gasteiger partial charge in [0.1, 0.15) is 48.8 Å². The number of hydrogen-bond acceptors (Lipinski definition) is 23. The Hall–Kier alpha value is -1.41. The molecule has 60 heavy (non-hydrogen) atoms. The van der Waals surface area contributed by atoms with Gasteiger partial charge in [0, 0.05) is 39.3 Å². The molecule has 0 aliphatic rings. The van der Waals surface area contributed by atoms with E-state index in [2.05, 4.69) is 10.6 Å². The molecule has 360 valence electrons. The molecule has 0 spiro atoms.